The van der Waals surface area contributed by atoms with E-state index in [-0.39, 0.29) is 11.7 Å². The van der Waals surface area contributed by atoms with Gasteiger partial charge in [-0.25, -0.2) is 4.39 Å². The van der Waals surface area contributed by atoms with Crippen molar-refractivity contribution in [2.75, 3.05) is 20.2 Å². The number of β-amino-alcohol motifs (C(OH)–C–C–N with tert-alkyl or cyclic N) is 1. The van der Waals surface area contributed by atoms with Crippen molar-refractivity contribution in [1.29, 1.82) is 0 Å². The monoisotopic (exact) mass is 253 g/mol. The predicted octanol–water partition coefficient (Wildman–Crippen LogP) is 1.43. The van der Waals surface area contributed by atoms with Gasteiger partial charge < -0.3 is 14.7 Å². The van der Waals surface area contributed by atoms with Gasteiger partial charge in [0.1, 0.15) is 0 Å². The van der Waals surface area contributed by atoms with E-state index in [2.05, 4.69) is 0 Å². The Bertz CT molecular complexity index is 473. The number of rotatable bonds is 2. The van der Waals surface area contributed by atoms with Crippen molar-refractivity contribution in [3.8, 4) is 5.75 Å². The van der Waals surface area contributed by atoms with Crippen LogP contribution in [0.25, 0.3) is 0 Å². The molecule has 1 N–H and O–H groups in total. The number of carbonyl (C=O) groups is 1. The first-order chi connectivity index (χ1) is 8.43. The van der Waals surface area contributed by atoms with E-state index in [0.717, 1.165) is 0 Å². The molecule has 4 nitrogen and oxygen atoms in total. The summed E-state index contributed by atoms with van der Waals surface area (Å²) in [6, 6.07) is 4.01. The molecule has 18 heavy (non-hydrogen) atoms. The number of methoxy groups -OCH3 is 1. The second-order valence-electron chi connectivity index (χ2n) is 4.82. The van der Waals surface area contributed by atoms with E-state index < -0.39 is 11.4 Å². The molecule has 0 spiro atoms. The summed E-state index contributed by atoms with van der Waals surface area (Å²) in [6.07, 6.45) is 0.553. The van der Waals surface area contributed by atoms with E-state index in [9.17, 15) is 14.3 Å². The molecule has 1 atom stereocenters. The molecule has 5 heteroatoms. The highest BCUT2D eigenvalue weighted by Crippen LogP contribution is 2.24. The molecular formula is C13H16FNO3. The molecule has 0 radical (unpaired) electrons. The van der Waals surface area contributed by atoms with Crippen molar-refractivity contribution in [2.24, 2.45) is 0 Å². The summed E-state index contributed by atoms with van der Waals surface area (Å²) in [5, 5.41) is 9.83. The molecular weight excluding hydrogens is 237 g/mol. The lowest BCUT2D eigenvalue weighted by Crippen LogP contribution is -2.33. The maximum Gasteiger partial charge on any atom is 0.254 e. The van der Waals surface area contributed by atoms with E-state index in [1.54, 1.807) is 11.8 Å². The Labute approximate surface area is 105 Å². The Morgan fingerprint density at radius 2 is 2.28 bits per heavy atom. The smallest absolute Gasteiger partial charge is 0.254 e. The maximum atomic E-state index is 13.2. The number of likely N-dealkylation sites (tertiary alicyclic amines) is 1. The third-order valence-corrected chi connectivity index (χ3v) is 3.14. The summed E-state index contributed by atoms with van der Waals surface area (Å²) in [4.78, 5) is 13.7. The number of nitrogens with zero attached hydrogens (tertiary/aromatic N) is 1. The molecule has 0 aliphatic carbocycles. The molecule has 1 saturated heterocycles. The van der Waals surface area contributed by atoms with Crippen LogP contribution < -0.4 is 4.74 Å². The molecule has 1 aromatic carbocycles. The molecule has 1 aromatic rings. The topological polar surface area (TPSA) is 49.8 Å². The van der Waals surface area contributed by atoms with E-state index >= 15 is 0 Å². The average Bonchev–Trinajstić information content (AvgIpc) is 2.69. The fourth-order valence-corrected chi connectivity index (χ4v) is 2.09. The normalized spacial score (nSPS) is 23.2. The summed E-state index contributed by atoms with van der Waals surface area (Å²) in [6.45, 7) is 2.50. The molecule has 0 bridgehead atoms. The number of amides is 1. The van der Waals surface area contributed by atoms with Crippen molar-refractivity contribution < 1.29 is 19.0 Å². The lowest BCUT2D eigenvalue weighted by Gasteiger charge is -2.19. The largest absolute Gasteiger partial charge is 0.494 e. The van der Waals surface area contributed by atoms with Gasteiger partial charge in [0.2, 0.25) is 0 Å². The lowest BCUT2D eigenvalue weighted by molar-refractivity contribution is 0.0572. The third-order valence-electron chi connectivity index (χ3n) is 3.14. The van der Waals surface area contributed by atoms with E-state index in [1.165, 1.54) is 25.3 Å². The fraction of sp³-hybridized carbons (Fsp3) is 0.462. The highest BCUT2D eigenvalue weighted by Gasteiger charge is 2.34. The van der Waals surface area contributed by atoms with Crippen LogP contribution in [0.2, 0.25) is 0 Å². The van der Waals surface area contributed by atoms with Gasteiger partial charge in [0, 0.05) is 18.7 Å². The molecule has 1 heterocycles. The first-order valence-electron chi connectivity index (χ1n) is 5.78. The summed E-state index contributed by atoms with van der Waals surface area (Å²) < 4.78 is 18.1. The Morgan fingerprint density at radius 1 is 1.56 bits per heavy atom. The molecule has 1 fully saturated rings. The Balaban J connectivity index is 2.19. The van der Waals surface area contributed by atoms with Gasteiger partial charge in [0.25, 0.3) is 5.91 Å². The number of aliphatic hydroxyl groups is 1. The Kier molecular flexibility index (Phi) is 3.26. The van der Waals surface area contributed by atoms with Crippen LogP contribution in [-0.4, -0.2) is 41.7 Å². The third kappa shape index (κ3) is 2.46. The average molecular weight is 253 g/mol. The van der Waals surface area contributed by atoms with Crippen LogP contribution in [0.5, 0.6) is 5.75 Å². The summed E-state index contributed by atoms with van der Waals surface area (Å²) >= 11 is 0. The van der Waals surface area contributed by atoms with Crippen LogP contribution in [0, 0.1) is 5.82 Å². The van der Waals surface area contributed by atoms with Crippen LogP contribution in [0.1, 0.15) is 23.7 Å². The van der Waals surface area contributed by atoms with Gasteiger partial charge in [-0.2, -0.15) is 0 Å². The molecule has 2 rings (SSSR count). The molecule has 1 aliphatic rings. The highest BCUT2D eigenvalue weighted by atomic mass is 19.1. The van der Waals surface area contributed by atoms with Crippen LogP contribution in [-0.2, 0) is 0 Å². The van der Waals surface area contributed by atoms with Crippen LogP contribution in [0.4, 0.5) is 4.39 Å². The van der Waals surface area contributed by atoms with E-state index in [1.807, 2.05) is 0 Å². The van der Waals surface area contributed by atoms with E-state index in [4.69, 9.17) is 4.74 Å². The van der Waals surface area contributed by atoms with Crippen molar-refractivity contribution in [1.82, 2.24) is 4.90 Å². The van der Waals surface area contributed by atoms with Gasteiger partial charge in [-0.1, -0.05) is 0 Å². The standard InChI is InChI=1S/C13H16FNO3/c1-13(17)5-6-15(8-13)12(16)9-3-4-10(14)11(7-9)18-2/h3-4,7,17H,5-6,8H2,1-2H3. The molecule has 0 saturated carbocycles. The zero-order valence-electron chi connectivity index (χ0n) is 10.4. The number of hydrogen-bond acceptors (Lipinski definition) is 3. The first kappa shape index (κ1) is 12.8. The molecule has 1 amide bonds. The number of ether oxygens (including phenoxy) is 1. The second-order valence-corrected chi connectivity index (χ2v) is 4.82. The molecule has 98 valence electrons. The first-order valence-corrected chi connectivity index (χ1v) is 5.78. The minimum atomic E-state index is -0.834. The van der Waals surface area contributed by atoms with Gasteiger partial charge in [-0.3, -0.25) is 4.79 Å². The number of hydrogen-bond donors (Lipinski definition) is 1. The molecule has 1 aliphatic heterocycles. The molecule has 1 unspecified atom stereocenters. The van der Waals surface area contributed by atoms with Crippen LogP contribution >= 0.6 is 0 Å². The van der Waals surface area contributed by atoms with Gasteiger partial charge >= 0.3 is 0 Å². The number of benzene rings is 1. The molecule has 0 aromatic heterocycles. The maximum absolute atomic E-state index is 13.2. The van der Waals surface area contributed by atoms with E-state index in [0.29, 0.717) is 25.1 Å². The second kappa shape index (κ2) is 4.57. The zero-order chi connectivity index (χ0) is 13.3. The fourth-order valence-electron chi connectivity index (χ4n) is 2.09. The Morgan fingerprint density at radius 3 is 2.83 bits per heavy atom. The summed E-state index contributed by atoms with van der Waals surface area (Å²) in [7, 11) is 1.35. The van der Waals surface area contributed by atoms with Crippen LogP contribution in [0.3, 0.4) is 0 Å². The van der Waals surface area contributed by atoms with Gasteiger partial charge in [0.05, 0.1) is 12.7 Å². The minimum Gasteiger partial charge on any atom is -0.494 e. The quantitative estimate of drug-likeness (QED) is 0.867. The Hall–Kier alpha value is -1.62. The van der Waals surface area contributed by atoms with Gasteiger partial charge in [-0.15, -0.1) is 0 Å². The van der Waals surface area contributed by atoms with Crippen molar-refractivity contribution >= 4 is 5.91 Å². The summed E-state index contributed by atoms with van der Waals surface area (Å²) in [5.41, 5.74) is -0.467. The van der Waals surface area contributed by atoms with Crippen molar-refractivity contribution in [2.45, 2.75) is 18.9 Å². The lowest BCUT2D eigenvalue weighted by atomic mass is 10.1. The van der Waals surface area contributed by atoms with Gasteiger partial charge in [0.15, 0.2) is 11.6 Å². The van der Waals surface area contributed by atoms with Crippen molar-refractivity contribution in [3.05, 3.63) is 29.6 Å². The SMILES string of the molecule is COc1cc(C(=O)N2CCC(C)(O)C2)ccc1F. The van der Waals surface area contributed by atoms with Crippen molar-refractivity contribution in [3.63, 3.8) is 0 Å². The highest BCUT2D eigenvalue weighted by molar-refractivity contribution is 5.94. The van der Waals surface area contributed by atoms with Gasteiger partial charge in [-0.05, 0) is 31.5 Å². The predicted molar refractivity (Wildman–Crippen MR) is 64.1 cm³/mol. The number of carbonyl (C=O) groups excluding carboxylic acids is 1. The minimum absolute atomic E-state index is 0.0480. The summed E-state index contributed by atoms with van der Waals surface area (Å²) in [5.74, 6) is -0.666. The number of halogens is 1. The van der Waals surface area contributed by atoms with Crippen LogP contribution in [0.15, 0.2) is 18.2 Å². The zero-order valence-corrected chi connectivity index (χ0v) is 10.4.